The highest BCUT2D eigenvalue weighted by molar-refractivity contribution is 6.08. The quantitative estimate of drug-likeness (QED) is 0.191. The van der Waals surface area contributed by atoms with Gasteiger partial charge in [0.15, 0.2) is 0 Å². The van der Waals surface area contributed by atoms with Crippen molar-refractivity contribution in [1.82, 2.24) is 20.1 Å². The lowest BCUT2D eigenvalue weighted by molar-refractivity contribution is 0.0210. The van der Waals surface area contributed by atoms with Gasteiger partial charge < -0.3 is 25.6 Å². The maximum atomic E-state index is 13.5. The Hall–Kier alpha value is -4.60. The van der Waals surface area contributed by atoms with E-state index in [1.165, 1.54) is 0 Å². The van der Waals surface area contributed by atoms with Crippen LogP contribution in [-0.2, 0) is 10.2 Å². The molecule has 0 unspecified atom stereocenters. The van der Waals surface area contributed by atoms with Gasteiger partial charge in [-0.1, -0.05) is 26.8 Å². The summed E-state index contributed by atoms with van der Waals surface area (Å²) in [6.07, 6.45) is 4.75. The van der Waals surface area contributed by atoms with Crippen LogP contribution in [0.4, 0.5) is 27.7 Å². The molecule has 0 radical (unpaired) electrons. The number of hydrogen-bond acceptors (Lipinski definition) is 7. The number of nitrogens with one attached hydrogen (secondary N) is 4. The van der Waals surface area contributed by atoms with Crippen molar-refractivity contribution < 1.29 is 14.3 Å². The second kappa shape index (κ2) is 11.9. The van der Waals surface area contributed by atoms with E-state index in [1.807, 2.05) is 51.1 Å². The van der Waals surface area contributed by atoms with E-state index >= 15 is 0 Å². The first-order valence-corrected chi connectivity index (χ1v) is 14.7. The average molecular weight is 584 g/mol. The molecule has 1 aliphatic rings. The number of fused-ring (bicyclic) bond motifs is 1. The number of likely N-dealkylation sites (tertiary alicyclic amines) is 1. The van der Waals surface area contributed by atoms with Crippen LogP contribution in [0.2, 0.25) is 0 Å². The predicted molar refractivity (Wildman–Crippen MR) is 171 cm³/mol. The van der Waals surface area contributed by atoms with Crippen LogP contribution >= 0.6 is 0 Å². The number of amides is 2. The molecule has 10 heteroatoms. The molecular weight excluding hydrogens is 542 g/mol. The van der Waals surface area contributed by atoms with E-state index in [-0.39, 0.29) is 23.5 Å². The number of benzene rings is 2. The number of aromatic amines is 1. The van der Waals surface area contributed by atoms with Crippen molar-refractivity contribution in [3.63, 3.8) is 0 Å². The van der Waals surface area contributed by atoms with Crippen LogP contribution in [0, 0.1) is 0 Å². The van der Waals surface area contributed by atoms with E-state index in [0.717, 1.165) is 40.7 Å². The zero-order valence-electron chi connectivity index (χ0n) is 25.7. The molecule has 0 aliphatic carbocycles. The zero-order chi connectivity index (χ0) is 30.8. The van der Waals surface area contributed by atoms with Gasteiger partial charge in [-0.25, -0.2) is 9.78 Å². The topological polar surface area (TPSA) is 124 Å². The maximum absolute atomic E-state index is 13.5. The Balaban J connectivity index is 1.30. The predicted octanol–water partition coefficient (Wildman–Crippen LogP) is 7.06. The van der Waals surface area contributed by atoms with E-state index in [2.05, 4.69) is 58.0 Å². The Bertz CT molecular complexity index is 1610. The van der Waals surface area contributed by atoms with Crippen molar-refractivity contribution in [3.8, 4) is 0 Å². The monoisotopic (exact) mass is 583 g/mol. The summed E-state index contributed by atoms with van der Waals surface area (Å²) >= 11 is 0. The summed E-state index contributed by atoms with van der Waals surface area (Å²) in [5, 5.41) is 18.1. The van der Waals surface area contributed by atoms with Gasteiger partial charge in [0.25, 0.3) is 5.91 Å². The van der Waals surface area contributed by atoms with Crippen LogP contribution in [0.1, 0.15) is 70.3 Å². The second-order valence-electron chi connectivity index (χ2n) is 13.0. The van der Waals surface area contributed by atoms with Gasteiger partial charge in [0.2, 0.25) is 0 Å². The minimum absolute atomic E-state index is 0.113. The van der Waals surface area contributed by atoms with Crippen molar-refractivity contribution in [3.05, 3.63) is 72.1 Å². The summed E-state index contributed by atoms with van der Waals surface area (Å²) in [6, 6.07) is 15.5. The fourth-order valence-electron chi connectivity index (χ4n) is 5.19. The Morgan fingerprint density at radius 3 is 2.44 bits per heavy atom. The number of hydrogen-bond donors (Lipinski definition) is 4. The maximum Gasteiger partial charge on any atom is 0.410 e. The van der Waals surface area contributed by atoms with Gasteiger partial charge >= 0.3 is 6.09 Å². The van der Waals surface area contributed by atoms with Crippen molar-refractivity contribution in [2.24, 2.45) is 0 Å². The summed E-state index contributed by atoms with van der Waals surface area (Å²) in [6.45, 7) is 13.4. The molecule has 3 heterocycles. The highest BCUT2D eigenvalue weighted by atomic mass is 16.6. The molecule has 2 amide bonds. The third-order valence-electron chi connectivity index (χ3n) is 7.35. The number of aromatic nitrogens is 3. The molecule has 5 rings (SSSR count). The van der Waals surface area contributed by atoms with Gasteiger partial charge in [0, 0.05) is 47.8 Å². The lowest BCUT2D eigenvalue weighted by Crippen LogP contribution is -2.44. The number of ether oxygens (including phenoxy) is 1. The molecule has 0 atom stereocenters. The molecule has 4 aromatic rings. The second-order valence-corrected chi connectivity index (χ2v) is 13.0. The van der Waals surface area contributed by atoms with E-state index in [9.17, 15) is 9.59 Å². The zero-order valence-corrected chi connectivity index (χ0v) is 25.7. The first-order valence-electron chi connectivity index (χ1n) is 14.7. The minimum atomic E-state index is -0.514. The van der Waals surface area contributed by atoms with E-state index in [4.69, 9.17) is 4.74 Å². The molecular formula is C33H41N7O3. The molecule has 0 bridgehead atoms. The summed E-state index contributed by atoms with van der Waals surface area (Å²) in [4.78, 5) is 32.2. The summed E-state index contributed by atoms with van der Waals surface area (Å²) in [5.41, 5.74) is 4.29. The Labute approximate surface area is 252 Å². The molecule has 226 valence electrons. The van der Waals surface area contributed by atoms with E-state index in [0.29, 0.717) is 30.2 Å². The van der Waals surface area contributed by atoms with Gasteiger partial charge in [-0.05, 0) is 87.1 Å². The molecule has 4 N–H and O–H groups in total. The Morgan fingerprint density at radius 2 is 1.72 bits per heavy atom. The number of pyridine rings is 1. The SMILES string of the molecule is CC(C)(C)OC(=O)N1CCC(Nc2cc(NC(=O)c3cccnc3Nc3ccc4cn[nH]c4c3)ccc2C(C)(C)C)CC1. The normalized spacial score (nSPS) is 14.4. The Morgan fingerprint density at radius 1 is 0.977 bits per heavy atom. The smallest absolute Gasteiger partial charge is 0.410 e. The van der Waals surface area contributed by atoms with Crippen LogP contribution in [0.25, 0.3) is 10.9 Å². The molecule has 10 nitrogen and oxygen atoms in total. The number of rotatable bonds is 6. The number of anilines is 4. The first kappa shape index (κ1) is 29.9. The van der Waals surface area contributed by atoms with Gasteiger partial charge in [0.05, 0.1) is 17.3 Å². The number of carbonyl (C=O) groups is 2. The molecule has 1 aliphatic heterocycles. The van der Waals surface area contributed by atoms with Crippen molar-refractivity contribution in [2.45, 2.75) is 71.4 Å². The standard InChI is InChI=1S/C33H41N7O3/c1-32(2,3)26-12-11-24(19-28(26)36-22-13-16-40(17-14-22)31(42)43-33(4,5)6)38-30(41)25-8-7-15-34-29(25)37-23-10-9-21-20-35-39-27(21)18-23/h7-12,15,18-20,22,36H,13-14,16-17H2,1-6H3,(H,34,37)(H,35,39)(H,38,41). The van der Waals surface area contributed by atoms with Crippen molar-refractivity contribution in [2.75, 3.05) is 29.0 Å². The number of H-pyrrole nitrogens is 1. The lowest BCUT2D eigenvalue weighted by atomic mass is 9.85. The van der Waals surface area contributed by atoms with Crippen LogP contribution in [0.3, 0.4) is 0 Å². The number of piperidine rings is 1. The highest BCUT2D eigenvalue weighted by Crippen LogP contribution is 2.34. The fourth-order valence-corrected chi connectivity index (χ4v) is 5.19. The van der Waals surface area contributed by atoms with Gasteiger partial charge in [-0.15, -0.1) is 0 Å². The molecule has 0 spiro atoms. The van der Waals surface area contributed by atoms with Crippen LogP contribution < -0.4 is 16.0 Å². The fraction of sp³-hybridized carbons (Fsp3) is 0.394. The third kappa shape index (κ3) is 7.43. The van der Waals surface area contributed by atoms with Crippen molar-refractivity contribution in [1.29, 1.82) is 0 Å². The number of carbonyl (C=O) groups excluding carboxylic acids is 2. The van der Waals surface area contributed by atoms with Gasteiger partial charge in [-0.2, -0.15) is 5.10 Å². The molecule has 2 aromatic carbocycles. The van der Waals surface area contributed by atoms with Crippen LogP contribution in [0.5, 0.6) is 0 Å². The molecule has 43 heavy (non-hydrogen) atoms. The summed E-state index contributed by atoms with van der Waals surface area (Å²) in [5.74, 6) is 0.193. The van der Waals surface area contributed by atoms with Crippen LogP contribution in [-0.4, -0.2) is 56.8 Å². The average Bonchev–Trinajstić information content (AvgIpc) is 3.40. The highest BCUT2D eigenvalue weighted by Gasteiger charge is 2.28. The Kier molecular flexibility index (Phi) is 8.30. The van der Waals surface area contributed by atoms with Crippen LogP contribution in [0.15, 0.2) is 60.9 Å². The van der Waals surface area contributed by atoms with Crippen molar-refractivity contribution >= 4 is 45.8 Å². The van der Waals surface area contributed by atoms with E-state index in [1.54, 1.807) is 29.4 Å². The molecule has 1 saturated heterocycles. The number of nitrogens with zero attached hydrogens (tertiary/aromatic N) is 3. The largest absolute Gasteiger partial charge is 0.444 e. The molecule has 0 saturated carbocycles. The lowest BCUT2D eigenvalue weighted by Gasteiger charge is -2.35. The summed E-state index contributed by atoms with van der Waals surface area (Å²) < 4.78 is 5.55. The van der Waals surface area contributed by atoms with Gasteiger partial charge in [0.1, 0.15) is 11.4 Å². The van der Waals surface area contributed by atoms with E-state index < -0.39 is 5.60 Å². The third-order valence-corrected chi connectivity index (χ3v) is 7.35. The first-order chi connectivity index (χ1) is 20.4. The van der Waals surface area contributed by atoms with Gasteiger partial charge in [-0.3, -0.25) is 9.89 Å². The molecule has 1 fully saturated rings. The molecule has 2 aromatic heterocycles. The summed E-state index contributed by atoms with van der Waals surface area (Å²) in [7, 11) is 0. The minimum Gasteiger partial charge on any atom is -0.444 e.